The van der Waals surface area contributed by atoms with E-state index in [2.05, 4.69) is 5.32 Å². The van der Waals surface area contributed by atoms with Crippen molar-refractivity contribution in [2.75, 3.05) is 5.73 Å². The molecule has 2 atom stereocenters. The fraction of sp³-hybridized carbons (Fsp3) is 0.500. The molecule has 0 fully saturated rings. The summed E-state index contributed by atoms with van der Waals surface area (Å²) in [4.78, 5) is 11.9. The van der Waals surface area contributed by atoms with E-state index in [1.807, 2.05) is 20.8 Å². The average molecular weight is 288 g/mol. The van der Waals surface area contributed by atoms with Crippen molar-refractivity contribution in [3.63, 3.8) is 0 Å². The van der Waals surface area contributed by atoms with Gasteiger partial charge in [-0.2, -0.15) is 13.2 Å². The van der Waals surface area contributed by atoms with Gasteiger partial charge in [-0.05, 0) is 31.0 Å². The molecule has 0 bridgehead atoms. The maximum Gasteiger partial charge on any atom is 0.418 e. The first-order valence-corrected chi connectivity index (χ1v) is 6.44. The second-order valence-corrected chi connectivity index (χ2v) is 4.95. The van der Waals surface area contributed by atoms with Crippen LogP contribution in [0, 0.1) is 5.92 Å². The number of hydrogen-bond donors (Lipinski definition) is 2. The second kappa shape index (κ2) is 6.15. The zero-order valence-electron chi connectivity index (χ0n) is 11.7. The van der Waals surface area contributed by atoms with E-state index in [4.69, 9.17) is 5.73 Å². The van der Waals surface area contributed by atoms with Crippen LogP contribution in [0.2, 0.25) is 0 Å². The zero-order chi connectivity index (χ0) is 15.5. The fourth-order valence-corrected chi connectivity index (χ4v) is 1.73. The molecule has 6 heteroatoms. The van der Waals surface area contributed by atoms with E-state index in [0.29, 0.717) is 0 Å². The Balaban J connectivity index is 2.95. The van der Waals surface area contributed by atoms with Gasteiger partial charge in [0.05, 0.1) is 5.56 Å². The average Bonchev–Trinajstić information content (AvgIpc) is 2.36. The SMILES string of the molecule is CCC(C)C(C)NC(=O)c1ccc(N)c(C(F)(F)F)c1. The van der Waals surface area contributed by atoms with Crippen molar-refractivity contribution in [3.05, 3.63) is 29.3 Å². The van der Waals surface area contributed by atoms with Crippen molar-refractivity contribution in [2.45, 2.75) is 39.4 Å². The molecule has 0 saturated heterocycles. The number of amides is 1. The van der Waals surface area contributed by atoms with Gasteiger partial charge < -0.3 is 11.1 Å². The van der Waals surface area contributed by atoms with E-state index in [1.54, 1.807) is 0 Å². The predicted molar refractivity (Wildman–Crippen MR) is 72.2 cm³/mol. The summed E-state index contributed by atoms with van der Waals surface area (Å²) in [5.74, 6) is -0.280. The molecule has 1 rings (SSSR count). The Morgan fingerprint density at radius 3 is 2.45 bits per heavy atom. The van der Waals surface area contributed by atoms with Crippen LogP contribution in [-0.4, -0.2) is 11.9 Å². The third-order valence-corrected chi connectivity index (χ3v) is 3.48. The molecular weight excluding hydrogens is 269 g/mol. The minimum atomic E-state index is -4.57. The van der Waals surface area contributed by atoms with Crippen LogP contribution in [0.4, 0.5) is 18.9 Å². The van der Waals surface area contributed by atoms with E-state index in [1.165, 1.54) is 6.07 Å². The van der Waals surface area contributed by atoms with Crippen LogP contribution in [0.25, 0.3) is 0 Å². The van der Waals surface area contributed by atoms with E-state index in [0.717, 1.165) is 18.6 Å². The Labute approximate surface area is 116 Å². The molecule has 0 aromatic heterocycles. The second-order valence-electron chi connectivity index (χ2n) is 4.95. The summed E-state index contributed by atoms with van der Waals surface area (Å²) in [7, 11) is 0. The molecule has 3 N–H and O–H groups in total. The number of carbonyl (C=O) groups is 1. The molecule has 3 nitrogen and oxygen atoms in total. The lowest BCUT2D eigenvalue weighted by atomic mass is 10.00. The van der Waals surface area contributed by atoms with Gasteiger partial charge in [0, 0.05) is 17.3 Å². The molecule has 112 valence electrons. The van der Waals surface area contributed by atoms with E-state index >= 15 is 0 Å². The van der Waals surface area contributed by atoms with E-state index < -0.39 is 17.6 Å². The smallest absolute Gasteiger partial charge is 0.398 e. The van der Waals surface area contributed by atoms with Crippen LogP contribution in [0.5, 0.6) is 0 Å². The maximum absolute atomic E-state index is 12.7. The number of benzene rings is 1. The van der Waals surface area contributed by atoms with Crippen molar-refractivity contribution >= 4 is 11.6 Å². The predicted octanol–water partition coefficient (Wildman–Crippen LogP) is 3.45. The van der Waals surface area contributed by atoms with Gasteiger partial charge in [-0.25, -0.2) is 0 Å². The summed E-state index contributed by atoms with van der Waals surface area (Å²) < 4.78 is 38.2. The molecule has 1 aromatic carbocycles. The minimum Gasteiger partial charge on any atom is -0.398 e. The van der Waals surface area contributed by atoms with Crippen molar-refractivity contribution in [3.8, 4) is 0 Å². The molecule has 0 saturated carbocycles. The van der Waals surface area contributed by atoms with Crippen LogP contribution < -0.4 is 11.1 Å². The van der Waals surface area contributed by atoms with Gasteiger partial charge in [0.1, 0.15) is 0 Å². The first kappa shape index (κ1) is 16.3. The minimum absolute atomic E-state index is 0.0401. The molecule has 0 aliphatic rings. The molecule has 0 radical (unpaired) electrons. The van der Waals surface area contributed by atoms with Crippen LogP contribution in [0.3, 0.4) is 0 Å². The summed E-state index contributed by atoms with van der Waals surface area (Å²) in [6, 6.07) is 3.07. The Kier molecular flexibility index (Phi) is 5.03. The number of nitrogen functional groups attached to an aromatic ring is 1. The van der Waals surface area contributed by atoms with Crippen LogP contribution >= 0.6 is 0 Å². The maximum atomic E-state index is 12.7. The van der Waals surface area contributed by atoms with Crippen molar-refractivity contribution in [1.29, 1.82) is 0 Å². The van der Waals surface area contributed by atoms with Crippen LogP contribution in [-0.2, 0) is 6.18 Å². The molecule has 0 heterocycles. The van der Waals surface area contributed by atoms with Gasteiger partial charge >= 0.3 is 6.18 Å². The number of rotatable bonds is 4. The van der Waals surface area contributed by atoms with E-state index in [-0.39, 0.29) is 23.2 Å². The summed E-state index contributed by atoms with van der Waals surface area (Å²) >= 11 is 0. The summed E-state index contributed by atoms with van der Waals surface area (Å²) in [6.45, 7) is 5.78. The molecule has 1 amide bonds. The van der Waals surface area contributed by atoms with Gasteiger partial charge in [-0.15, -0.1) is 0 Å². The third-order valence-electron chi connectivity index (χ3n) is 3.48. The van der Waals surface area contributed by atoms with Crippen LogP contribution in [0.15, 0.2) is 18.2 Å². The summed E-state index contributed by atoms with van der Waals surface area (Å²) in [5.41, 5.74) is 3.88. The highest BCUT2D eigenvalue weighted by Crippen LogP contribution is 2.34. The fourth-order valence-electron chi connectivity index (χ4n) is 1.73. The van der Waals surface area contributed by atoms with Gasteiger partial charge in [0.2, 0.25) is 0 Å². The number of halogens is 3. The molecule has 20 heavy (non-hydrogen) atoms. The molecule has 2 unspecified atom stereocenters. The van der Waals surface area contributed by atoms with Gasteiger partial charge in [-0.1, -0.05) is 20.3 Å². The highest BCUT2D eigenvalue weighted by molar-refractivity contribution is 5.95. The molecule has 0 aliphatic heterocycles. The lowest BCUT2D eigenvalue weighted by Gasteiger charge is -2.20. The molecule has 1 aromatic rings. The Bertz CT molecular complexity index is 486. The quantitative estimate of drug-likeness (QED) is 0.834. The van der Waals surface area contributed by atoms with Crippen molar-refractivity contribution in [2.24, 2.45) is 5.92 Å². The van der Waals surface area contributed by atoms with Gasteiger partial charge in [0.15, 0.2) is 0 Å². The summed E-state index contributed by atoms with van der Waals surface area (Å²) in [5, 5.41) is 2.70. The van der Waals surface area contributed by atoms with Crippen LogP contribution in [0.1, 0.15) is 43.1 Å². The van der Waals surface area contributed by atoms with E-state index in [9.17, 15) is 18.0 Å². The van der Waals surface area contributed by atoms with Gasteiger partial charge in [-0.3, -0.25) is 4.79 Å². The number of carbonyl (C=O) groups excluding carboxylic acids is 1. The molecular formula is C14H19F3N2O. The number of alkyl halides is 3. The highest BCUT2D eigenvalue weighted by Gasteiger charge is 2.33. The largest absolute Gasteiger partial charge is 0.418 e. The van der Waals surface area contributed by atoms with Gasteiger partial charge in [0.25, 0.3) is 5.91 Å². The first-order valence-electron chi connectivity index (χ1n) is 6.44. The molecule has 0 aliphatic carbocycles. The number of hydrogen-bond acceptors (Lipinski definition) is 2. The Morgan fingerprint density at radius 2 is 1.95 bits per heavy atom. The zero-order valence-corrected chi connectivity index (χ0v) is 11.7. The Hall–Kier alpha value is -1.72. The lowest BCUT2D eigenvalue weighted by Crippen LogP contribution is -2.37. The standard InChI is InChI=1S/C14H19F3N2O/c1-4-8(2)9(3)19-13(20)10-5-6-12(18)11(7-10)14(15,16)17/h5-9H,4,18H2,1-3H3,(H,19,20). The monoisotopic (exact) mass is 288 g/mol. The summed E-state index contributed by atoms with van der Waals surface area (Å²) in [6.07, 6.45) is -3.69. The third kappa shape index (κ3) is 3.88. The molecule has 0 spiro atoms. The van der Waals surface area contributed by atoms with Crippen molar-refractivity contribution < 1.29 is 18.0 Å². The first-order chi connectivity index (χ1) is 9.16. The number of anilines is 1. The highest BCUT2D eigenvalue weighted by atomic mass is 19.4. The Morgan fingerprint density at radius 1 is 1.35 bits per heavy atom. The number of nitrogens with one attached hydrogen (secondary N) is 1. The normalized spacial score (nSPS) is 14.7. The number of nitrogens with two attached hydrogens (primary N) is 1. The topological polar surface area (TPSA) is 55.1 Å². The lowest BCUT2D eigenvalue weighted by molar-refractivity contribution is -0.136. The van der Waals surface area contributed by atoms with Crippen molar-refractivity contribution in [1.82, 2.24) is 5.32 Å².